The van der Waals surface area contributed by atoms with E-state index < -0.39 is 0 Å². The smallest absolute Gasteiger partial charge is 0.128 e. The van der Waals surface area contributed by atoms with Crippen molar-refractivity contribution in [1.29, 1.82) is 0 Å². The predicted molar refractivity (Wildman–Crippen MR) is 80.8 cm³/mol. The number of ether oxygens (including phenoxy) is 1. The summed E-state index contributed by atoms with van der Waals surface area (Å²) in [4.78, 5) is 11.1. The summed E-state index contributed by atoms with van der Waals surface area (Å²) in [5, 5.41) is 3.21. The quantitative estimate of drug-likeness (QED) is 0.591. The fourth-order valence-electron chi connectivity index (χ4n) is 2.18. The Bertz CT molecular complexity index is 508. The standard InChI is InChI=1S/C17H20FNO2/c18-16-6-8-17(9-7-16)21-11-10-19-12-15(13-20)14-4-2-1-3-5-14/h2,4-9,13,15,19H,1,3,10-12H2. The minimum Gasteiger partial charge on any atom is -0.492 e. The first-order valence-corrected chi connectivity index (χ1v) is 7.20. The molecule has 0 bridgehead atoms. The molecule has 0 amide bonds. The largest absolute Gasteiger partial charge is 0.492 e. The second kappa shape index (κ2) is 8.37. The summed E-state index contributed by atoms with van der Waals surface area (Å²) < 4.78 is 18.2. The molecule has 0 fully saturated rings. The van der Waals surface area contributed by atoms with E-state index in [1.165, 1.54) is 12.1 Å². The highest BCUT2D eigenvalue weighted by Crippen LogP contribution is 2.16. The third kappa shape index (κ3) is 5.16. The van der Waals surface area contributed by atoms with Crippen molar-refractivity contribution in [3.05, 3.63) is 53.9 Å². The molecular formula is C17H20FNO2. The summed E-state index contributed by atoms with van der Waals surface area (Å²) in [6.07, 6.45) is 9.28. The number of aldehydes is 1. The molecule has 0 heterocycles. The molecule has 0 spiro atoms. The first-order chi connectivity index (χ1) is 10.3. The lowest BCUT2D eigenvalue weighted by atomic mass is 9.95. The van der Waals surface area contributed by atoms with Crippen molar-refractivity contribution in [2.75, 3.05) is 19.7 Å². The summed E-state index contributed by atoms with van der Waals surface area (Å²) in [5.74, 6) is 0.263. The van der Waals surface area contributed by atoms with Crippen molar-refractivity contribution in [3.8, 4) is 5.75 Å². The molecule has 0 saturated carbocycles. The molecule has 1 aromatic rings. The summed E-state index contributed by atoms with van der Waals surface area (Å²) in [5.41, 5.74) is 1.09. The van der Waals surface area contributed by atoms with Crippen molar-refractivity contribution >= 4 is 6.29 Å². The molecule has 2 rings (SSSR count). The van der Waals surface area contributed by atoms with Crippen molar-refractivity contribution < 1.29 is 13.9 Å². The van der Waals surface area contributed by atoms with E-state index in [1.807, 2.05) is 6.08 Å². The van der Waals surface area contributed by atoms with Crippen LogP contribution in [-0.2, 0) is 4.79 Å². The van der Waals surface area contributed by atoms with Gasteiger partial charge in [-0.25, -0.2) is 4.39 Å². The van der Waals surface area contributed by atoms with Crippen molar-refractivity contribution in [1.82, 2.24) is 5.32 Å². The summed E-state index contributed by atoms with van der Waals surface area (Å²) in [6, 6.07) is 5.93. The van der Waals surface area contributed by atoms with Gasteiger partial charge in [-0.2, -0.15) is 0 Å². The van der Waals surface area contributed by atoms with Gasteiger partial charge in [0.2, 0.25) is 0 Å². The lowest BCUT2D eigenvalue weighted by molar-refractivity contribution is -0.110. The highest BCUT2D eigenvalue weighted by atomic mass is 19.1. The molecule has 3 nitrogen and oxygen atoms in total. The molecule has 1 atom stereocenters. The molecule has 0 aliphatic heterocycles. The zero-order valence-corrected chi connectivity index (χ0v) is 11.9. The van der Waals surface area contributed by atoms with Crippen LogP contribution in [0.25, 0.3) is 0 Å². The van der Waals surface area contributed by atoms with Gasteiger partial charge < -0.3 is 14.8 Å². The van der Waals surface area contributed by atoms with E-state index in [0.717, 1.165) is 24.7 Å². The Morgan fingerprint density at radius 3 is 2.76 bits per heavy atom. The molecule has 21 heavy (non-hydrogen) atoms. The second-order valence-electron chi connectivity index (χ2n) is 4.93. The van der Waals surface area contributed by atoms with E-state index in [4.69, 9.17) is 4.74 Å². The fraction of sp³-hybridized carbons (Fsp3) is 0.353. The van der Waals surface area contributed by atoms with Crippen LogP contribution in [0, 0.1) is 11.7 Å². The van der Waals surface area contributed by atoms with E-state index >= 15 is 0 Å². The van der Waals surface area contributed by atoms with E-state index in [-0.39, 0.29) is 11.7 Å². The number of nitrogens with one attached hydrogen (secondary N) is 1. The van der Waals surface area contributed by atoms with Gasteiger partial charge >= 0.3 is 0 Å². The van der Waals surface area contributed by atoms with Gasteiger partial charge in [0.1, 0.15) is 24.5 Å². The van der Waals surface area contributed by atoms with E-state index in [1.54, 1.807) is 12.1 Å². The minimum absolute atomic E-state index is 0.104. The van der Waals surface area contributed by atoms with Crippen LogP contribution in [0.2, 0.25) is 0 Å². The van der Waals surface area contributed by atoms with Crippen LogP contribution in [0.5, 0.6) is 5.75 Å². The Labute approximate surface area is 124 Å². The molecular weight excluding hydrogens is 269 g/mol. The Morgan fingerprint density at radius 2 is 2.10 bits per heavy atom. The number of hydrogen-bond donors (Lipinski definition) is 1. The lowest BCUT2D eigenvalue weighted by Gasteiger charge is -2.15. The van der Waals surface area contributed by atoms with Crippen LogP contribution in [0.3, 0.4) is 0 Å². The highest BCUT2D eigenvalue weighted by molar-refractivity contribution is 5.61. The Hall–Kier alpha value is -1.94. The lowest BCUT2D eigenvalue weighted by Crippen LogP contribution is -2.28. The average Bonchev–Trinajstić information content (AvgIpc) is 2.53. The topological polar surface area (TPSA) is 38.3 Å². The molecule has 0 saturated heterocycles. The van der Waals surface area contributed by atoms with E-state index in [0.29, 0.717) is 25.4 Å². The molecule has 0 radical (unpaired) electrons. The van der Waals surface area contributed by atoms with Gasteiger partial charge in [-0.3, -0.25) is 0 Å². The van der Waals surface area contributed by atoms with Gasteiger partial charge in [0, 0.05) is 13.1 Å². The Kier molecular flexibility index (Phi) is 6.16. The number of benzene rings is 1. The number of halogens is 1. The molecule has 112 valence electrons. The maximum Gasteiger partial charge on any atom is 0.128 e. The van der Waals surface area contributed by atoms with Gasteiger partial charge in [-0.1, -0.05) is 18.2 Å². The molecule has 1 N–H and O–H groups in total. The molecule has 0 aromatic heterocycles. The number of carbonyl (C=O) groups is 1. The maximum atomic E-state index is 12.7. The zero-order valence-electron chi connectivity index (χ0n) is 11.9. The average molecular weight is 289 g/mol. The Balaban J connectivity index is 1.66. The normalized spacial score (nSPS) is 15.4. The summed E-state index contributed by atoms with van der Waals surface area (Å²) in [7, 11) is 0. The molecule has 1 aromatic carbocycles. The fourth-order valence-corrected chi connectivity index (χ4v) is 2.18. The van der Waals surface area contributed by atoms with E-state index in [2.05, 4.69) is 17.5 Å². The van der Waals surface area contributed by atoms with Crippen molar-refractivity contribution in [2.24, 2.45) is 5.92 Å². The summed E-state index contributed by atoms with van der Waals surface area (Å²) in [6.45, 7) is 1.72. The predicted octanol–water partition coefficient (Wildman–Crippen LogP) is 2.89. The van der Waals surface area contributed by atoms with Crippen LogP contribution in [-0.4, -0.2) is 26.0 Å². The number of carbonyl (C=O) groups excluding carboxylic acids is 1. The number of rotatable bonds is 8. The molecule has 1 unspecified atom stereocenters. The summed E-state index contributed by atoms with van der Waals surface area (Å²) >= 11 is 0. The first kappa shape index (κ1) is 15.4. The van der Waals surface area contributed by atoms with E-state index in [9.17, 15) is 9.18 Å². The van der Waals surface area contributed by atoms with Crippen LogP contribution in [0.1, 0.15) is 12.8 Å². The first-order valence-electron chi connectivity index (χ1n) is 7.20. The van der Waals surface area contributed by atoms with Crippen LogP contribution >= 0.6 is 0 Å². The Morgan fingerprint density at radius 1 is 1.29 bits per heavy atom. The third-order valence-corrected chi connectivity index (χ3v) is 3.34. The number of allylic oxidation sites excluding steroid dienone is 3. The van der Waals surface area contributed by atoms with Gasteiger partial charge in [0.25, 0.3) is 0 Å². The zero-order chi connectivity index (χ0) is 14.9. The molecule has 1 aliphatic rings. The monoisotopic (exact) mass is 289 g/mol. The van der Waals surface area contributed by atoms with Crippen molar-refractivity contribution in [3.63, 3.8) is 0 Å². The maximum absolute atomic E-state index is 12.7. The van der Waals surface area contributed by atoms with Crippen LogP contribution in [0.15, 0.2) is 48.1 Å². The second-order valence-corrected chi connectivity index (χ2v) is 4.93. The highest BCUT2D eigenvalue weighted by Gasteiger charge is 2.11. The third-order valence-electron chi connectivity index (χ3n) is 3.34. The van der Waals surface area contributed by atoms with Crippen LogP contribution in [0.4, 0.5) is 4.39 Å². The van der Waals surface area contributed by atoms with Gasteiger partial charge in [0.05, 0.1) is 5.92 Å². The SMILES string of the molecule is O=CC(CNCCOc1ccc(F)cc1)C1=CCCC=C1. The van der Waals surface area contributed by atoms with Gasteiger partial charge in [-0.15, -0.1) is 0 Å². The van der Waals surface area contributed by atoms with Crippen LogP contribution < -0.4 is 10.1 Å². The van der Waals surface area contributed by atoms with Gasteiger partial charge in [0.15, 0.2) is 0 Å². The van der Waals surface area contributed by atoms with Crippen molar-refractivity contribution in [2.45, 2.75) is 12.8 Å². The van der Waals surface area contributed by atoms with Gasteiger partial charge in [-0.05, 0) is 42.7 Å². The number of hydrogen-bond acceptors (Lipinski definition) is 3. The molecule has 1 aliphatic carbocycles. The molecule has 4 heteroatoms. The minimum atomic E-state index is -0.275.